The zero-order valence-corrected chi connectivity index (χ0v) is 10.7. The summed E-state index contributed by atoms with van der Waals surface area (Å²) in [7, 11) is 0. The van der Waals surface area contributed by atoms with E-state index in [0.29, 0.717) is 0 Å². The monoisotopic (exact) mass is 241 g/mol. The average molecular weight is 241 g/mol. The Morgan fingerprint density at radius 3 is 2.47 bits per heavy atom. The van der Waals surface area contributed by atoms with Crippen LogP contribution in [0.25, 0.3) is 0 Å². The van der Waals surface area contributed by atoms with Gasteiger partial charge in [0.15, 0.2) is 5.16 Å². The number of anilines is 1. The fourth-order valence-electron chi connectivity index (χ4n) is 1.70. The van der Waals surface area contributed by atoms with Crippen molar-refractivity contribution in [3.63, 3.8) is 0 Å². The van der Waals surface area contributed by atoms with Crippen LogP contribution >= 0.6 is 23.5 Å². The molecule has 2 rings (SSSR count). The van der Waals surface area contributed by atoms with Crippen molar-refractivity contribution in [2.24, 2.45) is 0 Å². The quantitative estimate of drug-likeness (QED) is 0.461. The van der Waals surface area contributed by atoms with Gasteiger partial charge in [0.1, 0.15) is 10.8 Å². The molecule has 1 aromatic heterocycles. The molecule has 0 aromatic carbocycles. The summed E-state index contributed by atoms with van der Waals surface area (Å²) in [4.78, 5) is 11.3. The van der Waals surface area contributed by atoms with Crippen LogP contribution in [0.3, 0.4) is 0 Å². The van der Waals surface area contributed by atoms with Crippen LogP contribution < -0.4 is 4.90 Å². The third kappa shape index (κ3) is 2.58. The molecule has 1 aromatic rings. The van der Waals surface area contributed by atoms with Crippen LogP contribution in [-0.2, 0) is 0 Å². The molecule has 82 valence electrons. The molecule has 0 unspecified atom stereocenters. The maximum Gasteiger partial charge on any atom is 0.190 e. The molecule has 0 saturated carbocycles. The number of thioether (sulfide) groups is 2. The molecular weight excluding hydrogens is 226 g/mol. The summed E-state index contributed by atoms with van der Waals surface area (Å²) >= 11 is 3.29. The zero-order valence-electron chi connectivity index (χ0n) is 9.06. The Morgan fingerprint density at radius 2 is 1.87 bits per heavy atom. The van der Waals surface area contributed by atoms with Gasteiger partial charge in [-0.25, -0.2) is 9.97 Å². The lowest BCUT2D eigenvalue weighted by atomic mass is 10.4. The van der Waals surface area contributed by atoms with E-state index in [0.717, 1.165) is 29.1 Å². The smallest absolute Gasteiger partial charge is 0.190 e. The molecule has 0 spiro atoms. The molecule has 0 radical (unpaired) electrons. The Balaban J connectivity index is 2.28. The molecule has 3 nitrogen and oxygen atoms in total. The number of hydrogen-bond acceptors (Lipinski definition) is 5. The number of rotatable bonds is 3. The van der Waals surface area contributed by atoms with Crippen molar-refractivity contribution in [2.75, 3.05) is 30.5 Å². The molecule has 0 bridgehead atoms. The molecule has 5 heteroatoms. The number of hydrogen-bond donors (Lipinski definition) is 0. The Bertz CT molecular complexity index is 315. The van der Waals surface area contributed by atoms with E-state index in [4.69, 9.17) is 0 Å². The average Bonchev–Trinajstić information content (AvgIpc) is 2.81. The highest BCUT2D eigenvalue weighted by molar-refractivity contribution is 7.99. The minimum Gasteiger partial charge on any atom is -0.356 e. The highest BCUT2D eigenvalue weighted by atomic mass is 32.2. The van der Waals surface area contributed by atoms with E-state index in [1.165, 1.54) is 12.8 Å². The van der Waals surface area contributed by atoms with Gasteiger partial charge in [-0.2, -0.15) is 0 Å². The van der Waals surface area contributed by atoms with Crippen LogP contribution in [0.1, 0.15) is 12.8 Å². The maximum absolute atomic E-state index is 4.55. The van der Waals surface area contributed by atoms with Crippen LogP contribution in [0.2, 0.25) is 0 Å². The predicted octanol–water partition coefficient (Wildman–Crippen LogP) is 2.52. The summed E-state index contributed by atoms with van der Waals surface area (Å²) in [5, 5.41) is 1.94. The summed E-state index contributed by atoms with van der Waals surface area (Å²) < 4.78 is 0. The third-order valence-corrected chi connectivity index (χ3v) is 3.67. The minimum atomic E-state index is 0.878. The van der Waals surface area contributed by atoms with Crippen molar-refractivity contribution in [3.05, 3.63) is 6.07 Å². The molecule has 0 amide bonds. The highest BCUT2D eigenvalue weighted by Crippen LogP contribution is 2.24. The largest absolute Gasteiger partial charge is 0.356 e. The van der Waals surface area contributed by atoms with E-state index in [-0.39, 0.29) is 0 Å². The molecular formula is C10H15N3S2. The fourth-order valence-corrected chi connectivity index (χ4v) is 2.53. The van der Waals surface area contributed by atoms with Gasteiger partial charge in [-0.1, -0.05) is 11.8 Å². The molecule has 15 heavy (non-hydrogen) atoms. The van der Waals surface area contributed by atoms with Crippen LogP contribution in [0.4, 0.5) is 5.82 Å². The lowest BCUT2D eigenvalue weighted by molar-refractivity contribution is 0.841. The number of aromatic nitrogens is 2. The Morgan fingerprint density at radius 1 is 1.13 bits per heavy atom. The SMILES string of the molecule is CSc1cc(N2CCCC2)nc(SC)n1. The summed E-state index contributed by atoms with van der Waals surface area (Å²) in [5.74, 6) is 1.09. The normalized spacial score (nSPS) is 16.0. The van der Waals surface area contributed by atoms with Crippen molar-refractivity contribution < 1.29 is 0 Å². The van der Waals surface area contributed by atoms with E-state index < -0.39 is 0 Å². The van der Waals surface area contributed by atoms with Crippen molar-refractivity contribution in [1.29, 1.82) is 0 Å². The standard InChI is InChI=1S/C10H15N3S2/c1-14-9-7-8(11-10(12-9)15-2)13-5-3-4-6-13/h7H,3-6H2,1-2H3. The first-order chi connectivity index (χ1) is 7.33. The lowest BCUT2D eigenvalue weighted by Gasteiger charge is -2.17. The van der Waals surface area contributed by atoms with Crippen molar-refractivity contribution in [3.8, 4) is 0 Å². The second kappa shape index (κ2) is 5.07. The summed E-state index contributed by atoms with van der Waals surface area (Å²) in [6.07, 6.45) is 6.65. The van der Waals surface area contributed by atoms with Gasteiger partial charge in [-0.05, 0) is 25.4 Å². The predicted molar refractivity (Wildman–Crippen MR) is 67.0 cm³/mol. The van der Waals surface area contributed by atoms with Crippen molar-refractivity contribution in [1.82, 2.24) is 9.97 Å². The molecule has 1 aliphatic heterocycles. The van der Waals surface area contributed by atoms with E-state index in [2.05, 4.69) is 27.2 Å². The van der Waals surface area contributed by atoms with Gasteiger partial charge < -0.3 is 4.90 Å². The van der Waals surface area contributed by atoms with Crippen LogP contribution in [-0.4, -0.2) is 35.6 Å². The van der Waals surface area contributed by atoms with Crippen molar-refractivity contribution in [2.45, 2.75) is 23.0 Å². The van der Waals surface area contributed by atoms with E-state index in [9.17, 15) is 0 Å². The second-order valence-corrected chi connectivity index (χ2v) is 5.05. The van der Waals surface area contributed by atoms with Gasteiger partial charge >= 0.3 is 0 Å². The second-order valence-electron chi connectivity index (χ2n) is 3.45. The Hall–Kier alpha value is -0.420. The fraction of sp³-hybridized carbons (Fsp3) is 0.600. The summed E-state index contributed by atoms with van der Waals surface area (Å²) in [5.41, 5.74) is 0. The Labute approximate surface area is 99.1 Å². The zero-order chi connectivity index (χ0) is 10.7. The molecule has 1 saturated heterocycles. The minimum absolute atomic E-state index is 0.878. The molecule has 0 aliphatic carbocycles. The lowest BCUT2D eigenvalue weighted by Crippen LogP contribution is -2.19. The van der Waals surface area contributed by atoms with E-state index >= 15 is 0 Å². The first-order valence-corrected chi connectivity index (χ1v) is 7.50. The van der Waals surface area contributed by atoms with Gasteiger partial charge in [0.25, 0.3) is 0 Å². The van der Waals surface area contributed by atoms with E-state index in [1.54, 1.807) is 23.5 Å². The Kier molecular flexibility index (Phi) is 3.75. The maximum atomic E-state index is 4.55. The molecule has 0 N–H and O–H groups in total. The third-order valence-electron chi connectivity index (χ3n) is 2.49. The highest BCUT2D eigenvalue weighted by Gasteiger charge is 2.15. The van der Waals surface area contributed by atoms with Gasteiger partial charge in [0.05, 0.1) is 0 Å². The van der Waals surface area contributed by atoms with Gasteiger partial charge in [0, 0.05) is 19.2 Å². The van der Waals surface area contributed by atoms with Crippen molar-refractivity contribution >= 4 is 29.3 Å². The molecule has 1 fully saturated rings. The van der Waals surface area contributed by atoms with Gasteiger partial charge in [-0.15, -0.1) is 11.8 Å². The van der Waals surface area contributed by atoms with Gasteiger partial charge in [0.2, 0.25) is 0 Å². The van der Waals surface area contributed by atoms with Crippen LogP contribution in [0.15, 0.2) is 16.2 Å². The molecule has 1 aliphatic rings. The first-order valence-electron chi connectivity index (χ1n) is 5.05. The molecule has 2 heterocycles. The first kappa shape index (κ1) is 11.1. The van der Waals surface area contributed by atoms with Crippen LogP contribution in [0, 0.1) is 0 Å². The summed E-state index contributed by atoms with van der Waals surface area (Å²) in [6.45, 7) is 2.28. The van der Waals surface area contributed by atoms with Crippen LogP contribution in [0.5, 0.6) is 0 Å². The topological polar surface area (TPSA) is 29.0 Å². The van der Waals surface area contributed by atoms with E-state index in [1.807, 2.05) is 6.26 Å². The molecule has 0 atom stereocenters. The summed E-state index contributed by atoms with van der Waals surface area (Å²) in [6, 6.07) is 2.09. The van der Waals surface area contributed by atoms with Gasteiger partial charge in [-0.3, -0.25) is 0 Å². The number of nitrogens with zero attached hydrogens (tertiary/aromatic N) is 3.